The van der Waals surface area contributed by atoms with E-state index < -0.39 is 0 Å². The van der Waals surface area contributed by atoms with E-state index >= 15 is 0 Å². The van der Waals surface area contributed by atoms with E-state index in [2.05, 4.69) is 26.8 Å². The third-order valence-corrected chi connectivity index (χ3v) is 1.99. The Hall–Kier alpha value is -0.560. The molecule has 0 aliphatic rings. The number of aliphatic hydroxyl groups excluding tert-OH is 1. The van der Waals surface area contributed by atoms with Crippen LogP contribution in [0.25, 0.3) is 0 Å². The van der Waals surface area contributed by atoms with Gasteiger partial charge in [-0.25, -0.2) is 0 Å². The highest BCUT2D eigenvalue weighted by Gasteiger charge is 1.96. The summed E-state index contributed by atoms with van der Waals surface area (Å²) in [5.41, 5.74) is 2.65. The first-order valence-electron chi connectivity index (χ1n) is 5.05. The summed E-state index contributed by atoms with van der Waals surface area (Å²) in [6, 6.07) is 0. The van der Waals surface area contributed by atoms with Gasteiger partial charge in [-0.2, -0.15) is 0 Å². The summed E-state index contributed by atoms with van der Waals surface area (Å²) in [7, 11) is 0. The molecule has 0 aromatic heterocycles. The zero-order chi connectivity index (χ0) is 10.3. The van der Waals surface area contributed by atoms with Crippen molar-refractivity contribution in [2.24, 2.45) is 0 Å². The molecule has 1 N–H and O–H groups in total. The van der Waals surface area contributed by atoms with Crippen LogP contribution in [0.1, 0.15) is 47.0 Å². The van der Waals surface area contributed by atoms with Crippen molar-refractivity contribution < 1.29 is 5.11 Å². The van der Waals surface area contributed by atoms with E-state index in [9.17, 15) is 5.11 Å². The first-order valence-corrected chi connectivity index (χ1v) is 5.05. The summed E-state index contributed by atoms with van der Waals surface area (Å²) in [5.74, 6) is 0. The highest BCUT2D eigenvalue weighted by molar-refractivity contribution is 5.04. The fourth-order valence-corrected chi connectivity index (χ4v) is 1.12. The summed E-state index contributed by atoms with van der Waals surface area (Å²) in [6.07, 6.45) is 6.88. The highest BCUT2D eigenvalue weighted by Crippen LogP contribution is 2.08. The molecule has 0 bridgehead atoms. The molecule has 0 spiro atoms. The third kappa shape index (κ3) is 7.79. The van der Waals surface area contributed by atoms with Gasteiger partial charge in [0.1, 0.15) is 0 Å². The van der Waals surface area contributed by atoms with Crippen molar-refractivity contribution in [2.75, 3.05) is 0 Å². The second-order valence-corrected chi connectivity index (χ2v) is 3.81. The average Bonchev–Trinajstić information content (AvgIpc) is 2.03. The normalized spacial score (nSPS) is 14.1. The quantitative estimate of drug-likeness (QED) is 0.646. The Morgan fingerprint density at radius 2 is 1.92 bits per heavy atom. The average molecular weight is 182 g/mol. The van der Waals surface area contributed by atoms with Crippen molar-refractivity contribution in [1.82, 2.24) is 0 Å². The van der Waals surface area contributed by atoms with Crippen LogP contribution in [0.2, 0.25) is 0 Å². The minimum atomic E-state index is -0.258. The van der Waals surface area contributed by atoms with Gasteiger partial charge >= 0.3 is 0 Å². The standard InChI is InChI=1S/C12H22O/c1-5-12(13)9-11(4)8-6-7-10(2)3/h7,9,12-13H,5-6,8H2,1-4H3/b11-9-/t12-/m1/s1. The molecule has 1 nitrogen and oxygen atoms in total. The van der Waals surface area contributed by atoms with Crippen LogP contribution in [-0.2, 0) is 0 Å². The molecule has 0 aliphatic heterocycles. The molecule has 0 saturated heterocycles. The lowest BCUT2D eigenvalue weighted by Gasteiger charge is -2.03. The molecule has 0 aliphatic carbocycles. The summed E-state index contributed by atoms with van der Waals surface area (Å²) < 4.78 is 0. The van der Waals surface area contributed by atoms with E-state index in [1.54, 1.807) is 0 Å². The molecule has 0 heterocycles. The zero-order valence-corrected chi connectivity index (χ0v) is 9.30. The molecule has 1 atom stereocenters. The summed E-state index contributed by atoms with van der Waals surface area (Å²) in [5, 5.41) is 9.35. The van der Waals surface area contributed by atoms with E-state index in [1.165, 1.54) is 11.1 Å². The van der Waals surface area contributed by atoms with Crippen LogP contribution in [0, 0.1) is 0 Å². The second kappa shape index (κ2) is 6.90. The van der Waals surface area contributed by atoms with Crippen LogP contribution in [0.5, 0.6) is 0 Å². The van der Waals surface area contributed by atoms with E-state index in [-0.39, 0.29) is 6.10 Å². The maximum absolute atomic E-state index is 9.35. The minimum Gasteiger partial charge on any atom is -0.389 e. The fraction of sp³-hybridized carbons (Fsp3) is 0.667. The lowest BCUT2D eigenvalue weighted by Crippen LogP contribution is -1.99. The molecule has 76 valence electrons. The molecule has 0 aromatic carbocycles. The van der Waals surface area contributed by atoms with Gasteiger partial charge in [-0.1, -0.05) is 30.2 Å². The molecule has 1 heteroatoms. The maximum Gasteiger partial charge on any atom is 0.0720 e. The Bertz CT molecular complexity index is 185. The largest absolute Gasteiger partial charge is 0.389 e. The molecule has 0 saturated carbocycles. The van der Waals surface area contributed by atoms with Gasteiger partial charge in [-0.3, -0.25) is 0 Å². The van der Waals surface area contributed by atoms with Gasteiger partial charge < -0.3 is 5.11 Å². The molecule has 0 unspecified atom stereocenters. The molecular formula is C12H22O. The third-order valence-electron chi connectivity index (χ3n) is 1.99. The van der Waals surface area contributed by atoms with Gasteiger partial charge in [0.2, 0.25) is 0 Å². The molecule has 13 heavy (non-hydrogen) atoms. The van der Waals surface area contributed by atoms with Gasteiger partial charge in [-0.15, -0.1) is 0 Å². The lowest BCUT2D eigenvalue weighted by atomic mass is 10.1. The van der Waals surface area contributed by atoms with Crippen molar-refractivity contribution in [3.8, 4) is 0 Å². The maximum atomic E-state index is 9.35. The van der Waals surface area contributed by atoms with Crippen LogP contribution >= 0.6 is 0 Å². The molecule has 0 amide bonds. The molecule has 0 aromatic rings. The van der Waals surface area contributed by atoms with E-state index in [0.717, 1.165) is 19.3 Å². The van der Waals surface area contributed by atoms with Crippen LogP contribution in [0.4, 0.5) is 0 Å². The van der Waals surface area contributed by atoms with Crippen molar-refractivity contribution in [3.05, 3.63) is 23.3 Å². The Kier molecular flexibility index (Phi) is 6.61. The van der Waals surface area contributed by atoms with E-state index in [4.69, 9.17) is 0 Å². The Balaban J connectivity index is 3.80. The molecular weight excluding hydrogens is 160 g/mol. The topological polar surface area (TPSA) is 20.2 Å². The smallest absolute Gasteiger partial charge is 0.0720 e. The van der Waals surface area contributed by atoms with Crippen LogP contribution in [0.15, 0.2) is 23.3 Å². The van der Waals surface area contributed by atoms with Crippen molar-refractivity contribution >= 4 is 0 Å². The molecule has 0 fully saturated rings. The fourth-order valence-electron chi connectivity index (χ4n) is 1.12. The molecule has 0 radical (unpaired) electrons. The lowest BCUT2D eigenvalue weighted by molar-refractivity contribution is 0.218. The van der Waals surface area contributed by atoms with Crippen LogP contribution in [-0.4, -0.2) is 11.2 Å². The van der Waals surface area contributed by atoms with E-state index in [0.29, 0.717) is 0 Å². The Labute approximate surface area is 82.2 Å². The van der Waals surface area contributed by atoms with Gasteiger partial charge in [0.05, 0.1) is 6.10 Å². The van der Waals surface area contributed by atoms with Crippen LogP contribution in [0.3, 0.4) is 0 Å². The van der Waals surface area contributed by atoms with Crippen molar-refractivity contribution in [1.29, 1.82) is 0 Å². The number of hydrogen-bond donors (Lipinski definition) is 1. The predicted molar refractivity (Wildman–Crippen MR) is 58.7 cm³/mol. The number of aliphatic hydroxyl groups is 1. The number of allylic oxidation sites excluding steroid dienone is 3. The van der Waals surface area contributed by atoms with E-state index in [1.807, 2.05) is 13.0 Å². The van der Waals surface area contributed by atoms with Crippen molar-refractivity contribution in [3.63, 3.8) is 0 Å². The highest BCUT2D eigenvalue weighted by atomic mass is 16.3. The first-order chi connectivity index (χ1) is 6.06. The summed E-state index contributed by atoms with van der Waals surface area (Å²) in [6.45, 7) is 8.29. The second-order valence-electron chi connectivity index (χ2n) is 3.81. The molecule has 0 rings (SSSR count). The van der Waals surface area contributed by atoms with Gasteiger partial charge in [0, 0.05) is 0 Å². The SMILES string of the molecule is CC[C@@H](O)/C=C(/C)CCC=C(C)C. The number of hydrogen-bond acceptors (Lipinski definition) is 1. The minimum absolute atomic E-state index is 0.258. The summed E-state index contributed by atoms with van der Waals surface area (Å²) >= 11 is 0. The van der Waals surface area contributed by atoms with Crippen molar-refractivity contribution in [2.45, 2.75) is 53.1 Å². The Morgan fingerprint density at radius 3 is 2.38 bits per heavy atom. The monoisotopic (exact) mass is 182 g/mol. The number of rotatable bonds is 5. The first kappa shape index (κ1) is 12.4. The summed E-state index contributed by atoms with van der Waals surface area (Å²) in [4.78, 5) is 0. The van der Waals surface area contributed by atoms with Gasteiger partial charge in [-0.05, 0) is 40.0 Å². The Morgan fingerprint density at radius 1 is 1.31 bits per heavy atom. The predicted octanol–water partition coefficient (Wildman–Crippen LogP) is 3.45. The van der Waals surface area contributed by atoms with Gasteiger partial charge in [0.25, 0.3) is 0 Å². The van der Waals surface area contributed by atoms with Crippen LogP contribution < -0.4 is 0 Å². The van der Waals surface area contributed by atoms with Gasteiger partial charge in [0.15, 0.2) is 0 Å². The zero-order valence-electron chi connectivity index (χ0n) is 9.30.